The molecule has 0 atom stereocenters. The molecule has 0 aliphatic rings. The number of thiophene rings is 1. The largest absolute Gasteiger partial charge is 0.495 e. The Kier molecular flexibility index (Phi) is 4.06. The summed E-state index contributed by atoms with van der Waals surface area (Å²) in [6.45, 7) is 2.54. The molecule has 2 rings (SSSR count). The Labute approximate surface area is 116 Å². The number of carbonyl (C=O) groups is 1. The number of nitrogen functional groups attached to an aromatic ring is 1. The molecule has 4 nitrogen and oxygen atoms in total. The second kappa shape index (κ2) is 5.75. The van der Waals surface area contributed by atoms with Gasteiger partial charge in [-0.3, -0.25) is 4.79 Å². The SMILES string of the molecule is COc1cccc(C(=O)NCc2sccc2C)c1N. The zero-order valence-electron chi connectivity index (χ0n) is 10.9. The molecule has 2 aromatic rings. The molecule has 0 fully saturated rings. The molecule has 0 aliphatic heterocycles. The van der Waals surface area contributed by atoms with E-state index >= 15 is 0 Å². The highest BCUT2D eigenvalue weighted by Crippen LogP contribution is 2.24. The smallest absolute Gasteiger partial charge is 0.253 e. The molecule has 5 heteroatoms. The van der Waals surface area contributed by atoms with Crippen LogP contribution >= 0.6 is 11.3 Å². The predicted molar refractivity (Wildman–Crippen MR) is 77.6 cm³/mol. The van der Waals surface area contributed by atoms with Crippen molar-refractivity contribution < 1.29 is 9.53 Å². The zero-order valence-corrected chi connectivity index (χ0v) is 11.7. The number of methoxy groups -OCH3 is 1. The van der Waals surface area contributed by atoms with Crippen molar-refractivity contribution in [2.75, 3.05) is 12.8 Å². The summed E-state index contributed by atoms with van der Waals surface area (Å²) in [6, 6.07) is 7.20. The van der Waals surface area contributed by atoms with Crippen LogP contribution < -0.4 is 15.8 Å². The molecule has 1 aromatic carbocycles. The first kappa shape index (κ1) is 13.4. The van der Waals surface area contributed by atoms with E-state index in [2.05, 4.69) is 5.32 Å². The average molecular weight is 276 g/mol. The van der Waals surface area contributed by atoms with Gasteiger partial charge in [0, 0.05) is 4.88 Å². The van der Waals surface area contributed by atoms with E-state index < -0.39 is 0 Å². The zero-order chi connectivity index (χ0) is 13.8. The molecule has 100 valence electrons. The molecule has 1 amide bonds. The van der Waals surface area contributed by atoms with Crippen molar-refractivity contribution in [1.82, 2.24) is 5.32 Å². The average Bonchev–Trinajstić information content (AvgIpc) is 2.82. The Hall–Kier alpha value is -2.01. The van der Waals surface area contributed by atoms with Gasteiger partial charge in [0.05, 0.1) is 24.9 Å². The summed E-state index contributed by atoms with van der Waals surface area (Å²) in [5.41, 5.74) is 7.88. The van der Waals surface area contributed by atoms with Crippen LogP contribution in [0.2, 0.25) is 0 Å². The van der Waals surface area contributed by atoms with Gasteiger partial charge in [-0.05, 0) is 36.1 Å². The highest BCUT2D eigenvalue weighted by molar-refractivity contribution is 7.10. The summed E-state index contributed by atoms with van der Waals surface area (Å²) in [6.07, 6.45) is 0. The van der Waals surface area contributed by atoms with E-state index in [1.807, 2.05) is 18.4 Å². The number of ether oxygens (including phenoxy) is 1. The van der Waals surface area contributed by atoms with Gasteiger partial charge in [-0.2, -0.15) is 0 Å². The number of para-hydroxylation sites is 1. The highest BCUT2D eigenvalue weighted by Gasteiger charge is 2.13. The molecule has 0 radical (unpaired) electrons. The van der Waals surface area contributed by atoms with E-state index in [0.717, 1.165) is 4.88 Å². The summed E-state index contributed by atoms with van der Waals surface area (Å²) in [5, 5.41) is 4.88. The van der Waals surface area contributed by atoms with Crippen molar-refractivity contribution in [2.45, 2.75) is 13.5 Å². The third-order valence-electron chi connectivity index (χ3n) is 2.91. The number of aryl methyl sites for hydroxylation is 1. The quantitative estimate of drug-likeness (QED) is 0.844. The Balaban J connectivity index is 2.10. The van der Waals surface area contributed by atoms with Crippen molar-refractivity contribution >= 4 is 22.9 Å². The van der Waals surface area contributed by atoms with Crippen LogP contribution in [-0.4, -0.2) is 13.0 Å². The van der Waals surface area contributed by atoms with Gasteiger partial charge in [-0.25, -0.2) is 0 Å². The number of hydrogen-bond donors (Lipinski definition) is 2. The fraction of sp³-hybridized carbons (Fsp3) is 0.214. The number of nitrogens with one attached hydrogen (secondary N) is 1. The molecule has 0 unspecified atom stereocenters. The second-order valence-corrected chi connectivity index (χ2v) is 5.13. The maximum atomic E-state index is 12.1. The van der Waals surface area contributed by atoms with E-state index in [4.69, 9.17) is 10.5 Å². The molecule has 0 aliphatic carbocycles. The Morgan fingerprint density at radius 3 is 2.84 bits per heavy atom. The van der Waals surface area contributed by atoms with Crippen molar-refractivity contribution in [3.05, 3.63) is 45.6 Å². The number of amides is 1. The normalized spacial score (nSPS) is 10.2. The molecule has 3 N–H and O–H groups in total. The van der Waals surface area contributed by atoms with Crippen LogP contribution in [-0.2, 0) is 6.54 Å². The number of anilines is 1. The summed E-state index contributed by atoms with van der Waals surface area (Å²) >= 11 is 1.63. The van der Waals surface area contributed by atoms with Crippen molar-refractivity contribution in [3.8, 4) is 5.75 Å². The van der Waals surface area contributed by atoms with Gasteiger partial charge in [-0.1, -0.05) is 6.07 Å². The lowest BCUT2D eigenvalue weighted by molar-refractivity contribution is 0.0952. The third kappa shape index (κ3) is 2.88. The lowest BCUT2D eigenvalue weighted by Gasteiger charge is -2.10. The maximum absolute atomic E-state index is 12.1. The van der Waals surface area contributed by atoms with Crippen LogP contribution in [0.25, 0.3) is 0 Å². The number of hydrogen-bond acceptors (Lipinski definition) is 4. The Morgan fingerprint density at radius 2 is 2.21 bits per heavy atom. The van der Waals surface area contributed by atoms with E-state index in [1.165, 1.54) is 12.7 Å². The summed E-state index contributed by atoms with van der Waals surface area (Å²) in [7, 11) is 1.53. The molecule has 0 saturated carbocycles. The van der Waals surface area contributed by atoms with Crippen molar-refractivity contribution in [3.63, 3.8) is 0 Å². The predicted octanol–water partition coefficient (Wildman–Crippen LogP) is 2.58. The van der Waals surface area contributed by atoms with Gasteiger partial charge in [0.2, 0.25) is 0 Å². The number of benzene rings is 1. The molecule has 19 heavy (non-hydrogen) atoms. The van der Waals surface area contributed by atoms with Crippen LogP contribution in [0.15, 0.2) is 29.6 Å². The summed E-state index contributed by atoms with van der Waals surface area (Å²) in [4.78, 5) is 13.2. The molecule has 0 bridgehead atoms. The Morgan fingerprint density at radius 1 is 1.42 bits per heavy atom. The minimum absolute atomic E-state index is 0.191. The van der Waals surface area contributed by atoms with Crippen LogP contribution in [0.4, 0.5) is 5.69 Å². The molecule has 0 saturated heterocycles. The summed E-state index contributed by atoms with van der Waals surface area (Å²) in [5.74, 6) is 0.323. The molecular weight excluding hydrogens is 260 g/mol. The lowest BCUT2D eigenvalue weighted by Crippen LogP contribution is -2.23. The summed E-state index contributed by atoms with van der Waals surface area (Å²) < 4.78 is 5.10. The molecule has 0 spiro atoms. The second-order valence-electron chi connectivity index (χ2n) is 4.13. The van der Waals surface area contributed by atoms with Crippen LogP contribution in [0.3, 0.4) is 0 Å². The van der Waals surface area contributed by atoms with Gasteiger partial charge in [-0.15, -0.1) is 11.3 Å². The fourth-order valence-electron chi connectivity index (χ4n) is 1.76. The standard InChI is InChI=1S/C14H16N2O2S/c1-9-6-7-19-12(9)8-16-14(17)10-4-3-5-11(18-2)13(10)15/h3-7H,8,15H2,1-2H3,(H,16,17). The van der Waals surface area contributed by atoms with Gasteiger partial charge in [0.25, 0.3) is 5.91 Å². The van der Waals surface area contributed by atoms with Gasteiger partial charge in [0.15, 0.2) is 0 Å². The van der Waals surface area contributed by atoms with Crippen molar-refractivity contribution in [2.24, 2.45) is 0 Å². The minimum atomic E-state index is -0.191. The number of rotatable bonds is 4. The van der Waals surface area contributed by atoms with Crippen LogP contribution in [0.1, 0.15) is 20.8 Å². The Bertz CT molecular complexity index is 593. The minimum Gasteiger partial charge on any atom is -0.495 e. The van der Waals surface area contributed by atoms with Gasteiger partial charge >= 0.3 is 0 Å². The first-order chi connectivity index (χ1) is 9.13. The van der Waals surface area contributed by atoms with E-state index in [-0.39, 0.29) is 5.91 Å². The number of carbonyl (C=O) groups excluding carboxylic acids is 1. The first-order valence-corrected chi connectivity index (χ1v) is 6.75. The van der Waals surface area contributed by atoms with Crippen molar-refractivity contribution in [1.29, 1.82) is 0 Å². The topological polar surface area (TPSA) is 64.3 Å². The highest BCUT2D eigenvalue weighted by atomic mass is 32.1. The molecule has 1 aromatic heterocycles. The third-order valence-corrected chi connectivity index (χ3v) is 3.93. The van der Waals surface area contributed by atoms with Gasteiger partial charge < -0.3 is 15.8 Å². The lowest BCUT2D eigenvalue weighted by atomic mass is 10.1. The van der Waals surface area contributed by atoms with E-state index in [9.17, 15) is 4.79 Å². The number of nitrogens with two attached hydrogens (primary N) is 1. The first-order valence-electron chi connectivity index (χ1n) is 5.87. The monoisotopic (exact) mass is 276 g/mol. The van der Waals surface area contributed by atoms with Crippen LogP contribution in [0, 0.1) is 6.92 Å². The fourth-order valence-corrected chi connectivity index (χ4v) is 2.61. The van der Waals surface area contributed by atoms with E-state index in [0.29, 0.717) is 23.5 Å². The van der Waals surface area contributed by atoms with E-state index in [1.54, 1.807) is 29.5 Å². The molecule has 1 heterocycles. The molecular formula is C14H16N2O2S. The van der Waals surface area contributed by atoms with Gasteiger partial charge in [0.1, 0.15) is 5.75 Å². The maximum Gasteiger partial charge on any atom is 0.253 e. The van der Waals surface area contributed by atoms with Crippen LogP contribution in [0.5, 0.6) is 5.75 Å².